The van der Waals surface area contributed by atoms with Crippen LogP contribution in [0.5, 0.6) is 0 Å². The van der Waals surface area contributed by atoms with Gasteiger partial charge in [0, 0.05) is 11.8 Å². The average Bonchev–Trinajstić information content (AvgIpc) is 3.05. The van der Waals surface area contributed by atoms with Crippen molar-refractivity contribution in [3.63, 3.8) is 0 Å². The third-order valence-electron chi connectivity index (χ3n) is 4.63. The van der Waals surface area contributed by atoms with E-state index in [2.05, 4.69) is 25.6 Å². The third kappa shape index (κ3) is 3.66. The van der Waals surface area contributed by atoms with Crippen LogP contribution in [-0.4, -0.2) is 30.9 Å². The Bertz CT molecular complexity index is 527. The lowest BCUT2D eigenvalue weighted by Gasteiger charge is -2.23. The molecule has 1 aromatic carbocycles. The van der Waals surface area contributed by atoms with Crippen molar-refractivity contribution in [3.05, 3.63) is 48.6 Å². The first-order valence-electron chi connectivity index (χ1n) is 8.25. The highest BCUT2D eigenvalue weighted by molar-refractivity contribution is 5.13. The van der Waals surface area contributed by atoms with Crippen molar-refractivity contribution in [2.45, 2.75) is 51.7 Å². The van der Waals surface area contributed by atoms with Crippen LogP contribution in [0, 0.1) is 11.8 Å². The Morgan fingerprint density at radius 3 is 2.65 bits per heavy atom. The number of hydrogen-bond acceptors (Lipinski definition) is 4. The summed E-state index contributed by atoms with van der Waals surface area (Å²) in [6.45, 7) is 11.1. The smallest absolute Gasteiger partial charge is 0.163 e. The SMILES string of the molecule is C=C[C@H]1[C@H](C)[C@@H](OCc2ccccc2)O[C@H]1[C@H]1COC(C)(C)O1. The van der Waals surface area contributed by atoms with E-state index in [0.717, 1.165) is 5.56 Å². The molecule has 0 aromatic heterocycles. The average molecular weight is 318 g/mol. The van der Waals surface area contributed by atoms with Gasteiger partial charge in [0.2, 0.25) is 0 Å². The lowest BCUT2D eigenvalue weighted by molar-refractivity contribution is -0.189. The van der Waals surface area contributed by atoms with Gasteiger partial charge in [0.15, 0.2) is 12.1 Å². The van der Waals surface area contributed by atoms with Crippen LogP contribution in [-0.2, 0) is 25.6 Å². The van der Waals surface area contributed by atoms with E-state index >= 15 is 0 Å². The van der Waals surface area contributed by atoms with E-state index in [1.807, 2.05) is 38.1 Å². The molecule has 1 aromatic rings. The van der Waals surface area contributed by atoms with E-state index in [0.29, 0.717) is 13.2 Å². The highest BCUT2D eigenvalue weighted by atomic mass is 16.8. The zero-order valence-corrected chi connectivity index (χ0v) is 14.1. The maximum absolute atomic E-state index is 6.18. The summed E-state index contributed by atoms with van der Waals surface area (Å²) in [5, 5.41) is 0. The van der Waals surface area contributed by atoms with Crippen LogP contribution in [0.25, 0.3) is 0 Å². The van der Waals surface area contributed by atoms with Crippen molar-refractivity contribution in [2.75, 3.05) is 6.61 Å². The second-order valence-electron chi connectivity index (χ2n) is 6.80. The molecule has 4 nitrogen and oxygen atoms in total. The van der Waals surface area contributed by atoms with E-state index in [1.165, 1.54) is 0 Å². The zero-order valence-electron chi connectivity index (χ0n) is 14.1. The maximum atomic E-state index is 6.18. The fourth-order valence-corrected chi connectivity index (χ4v) is 3.36. The van der Waals surface area contributed by atoms with Crippen molar-refractivity contribution in [1.82, 2.24) is 0 Å². The maximum Gasteiger partial charge on any atom is 0.163 e. The monoisotopic (exact) mass is 318 g/mol. The molecule has 4 heteroatoms. The minimum atomic E-state index is -0.550. The molecule has 5 atom stereocenters. The van der Waals surface area contributed by atoms with E-state index in [1.54, 1.807) is 0 Å². The summed E-state index contributed by atoms with van der Waals surface area (Å²) in [6.07, 6.45) is 1.54. The second kappa shape index (κ2) is 6.73. The standard InChI is InChI=1S/C19H26O4/c1-5-15-13(2)18(20-11-14-9-7-6-8-10-14)22-17(15)16-12-21-19(3,4)23-16/h5-10,13,15-18H,1,11-12H2,2-4H3/t13-,15-,16+,17+,18-/m0/s1. The van der Waals surface area contributed by atoms with Crippen LogP contribution in [0.4, 0.5) is 0 Å². The van der Waals surface area contributed by atoms with Crippen LogP contribution in [0.3, 0.4) is 0 Å². The molecule has 23 heavy (non-hydrogen) atoms. The van der Waals surface area contributed by atoms with Gasteiger partial charge in [-0.3, -0.25) is 0 Å². The Kier molecular flexibility index (Phi) is 4.87. The highest BCUT2D eigenvalue weighted by Crippen LogP contribution is 2.39. The first kappa shape index (κ1) is 16.7. The molecule has 2 heterocycles. The Morgan fingerprint density at radius 2 is 2.04 bits per heavy atom. The Morgan fingerprint density at radius 1 is 1.30 bits per heavy atom. The van der Waals surface area contributed by atoms with Gasteiger partial charge in [-0.1, -0.05) is 43.3 Å². The molecule has 126 valence electrons. The molecule has 0 bridgehead atoms. The largest absolute Gasteiger partial charge is 0.348 e. The minimum absolute atomic E-state index is 0.0787. The molecule has 0 unspecified atom stereocenters. The molecule has 0 N–H and O–H groups in total. The first-order chi connectivity index (χ1) is 11.0. The van der Waals surface area contributed by atoms with Gasteiger partial charge in [0.05, 0.1) is 19.3 Å². The topological polar surface area (TPSA) is 36.9 Å². The molecule has 0 spiro atoms. The zero-order chi connectivity index (χ0) is 16.4. The van der Waals surface area contributed by atoms with Crippen molar-refractivity contribution in [3.8, 4) is 0 Å². The fraction of sp³-hybridized carbons (Fsp3) is 0.579. The van der Waals surface area contributed by atoms with E-state index in [4.69, 9.17) is 18.9 Å². The van der Waals surface area contributed by atoms with E-state index in [9.17, 15) is 0 Å². The molecule has 2 aliphatic heterocycles. The molecule has 2 fully saturated rings. The van der Waals surface area contributed by atoms with Gasteiger partial charge >= 0.3 is 0 Å². The summed E-state index contributed by atoms with van der Waals surface area (Å²) in [4.78, 5) is 0. The van der Waals surface area contributed by atoms with Crippen molar-refractivity contribution in [2.24, 2.45) is 11.8 Å². The molecule has 0 aliphatic carbocycles. The van der Waals surface area contributed by atoms with Gasteiger partial charge in [-0.2, -0.15) is 0 Å². The summed E-state index contributed by atoms with van der Waals surface area (Å²) < 4.78 is 23.8. The molecular formula is C19H26O4. The molecule has 3 rings (SSSR count). The summed E-state index contributed by atoms with van der Waals surface area (Å²) >= 11 is 0. The number of ether oxygens (including phenoxy) is 4. The summed E-state index contributed by atoms with van der Waals surface area (Å²) in [5.41, 5.74) is 1.14. The normalized spacial score (nSPS) is 36.2. The molecular weight excluding hydrogens is 292 g/mol. The summed E-state index contributed by atoms with van der Waals surface area (Å²) in [5.74, 6) is -0.127. The van der Waals surface area contributed by atoms with Crippen LogP contribution < -0.4 is 0 Å². The van der Waals surface area contributed by atoms with Gasteiger partial charge in [-0.25, -0.2) is 0 Å². The summed E-state index contributed by atoms with van der Waals surface area (Å²) in [6, 6.07) is 10.1. The number of benzene rings is 1. The Labute approximate surface area is 138 Å². The molecule has 2 aliphatic rings. The van der Waals surface area contributed by atoms with Gasteiger partial charge in [-0.05, 0) is 19.4 Å². The van der Waals surface area contributed by atoms with Crippen molar-refractivity contribution >= 4 is 0 Å². The van der Waals surface area contributed by atoms with Crippen molar-refractivity contribution in [1.29, 1.82) is 0 Å². The summed E-state index contributed by atoms with van der Waals surface area (Å²) in [7, 11) is 0. The van der Waals surface area contributed by atoms with Crippen LogP contribution in [0.2, 0.25) is 0 Å². The highest BCUT2D eigenvalue weighted by Gasteiger charge is 2.49. The lowest BCUT2D eigenvalue weighted by atomic mass is 9.89. The van der Waals surface area contributed by atoms with Gasteiger partial charge in [0.1, 0.15) is 6.10 Å². The molecule has 0 amide bonds. The predicted molar refractivity (Wildman–Crippen MR) is 87.6 cm³/mol. The quantitative estimate of drug-likeness (QED) is 0.779. The Balaban J connectivity index is 1.63. The molecule has 0 saturated carbocycles. The predicted octanol–water partition coefficient (Wildman–Crippen LogP) is 3.52. The lowest BCUT2D eigenvalue weighted by Crippen LogP contribution is -2.35. The van der Waals surface area contributed by atoms with Gasteiger partial charge in [-0.15, -0.1) is 6.58 Å². The second-order valence-corrected chi connectivity index (χ2v) is 6.80. The molecule has 0 radical (unpaired) electrons. The van der Waals surface area contributed by atoms with E-state index in [-0.39, 0.29) is 30.3 Å². The third-order valence-corrected chi connectivity index (χ3v) is 4.63. The number of rotatable bonds is 5. The first-order valence-corrected chi connectivity index (χ1v) is 8.25. The van der Waals surface area contributed by atoms with Crippen LogP contribution >= 0.6 is 0 Å². The number of hydrogen-bond donors (Lipinski definition) is 0. The van der Waals surface area contributed by atoms with Crippen molar-refractivity contribution < 1.29 is 18.9 Å². The van der Waals surface area contributed by atoms with E-state index < -0.39 is 5.79 Å². The minimum Gasteiger partial charge on any atom is -0.348 e. The Hall–Kier alpha value is -1.20. The fourth-order valence-electron chi connectivity index (χ4n) is 3.36. The van der Waals surface area contributed by atoms with Gasteiger partial charge in [0.25, 0.3) is 0 Å². The van der Waals surface area contributed by atoms with Gasteiger partial charge < -0.3 is 18.9 Å². The molecule has 2 saturated heterocycles. The van der Waals surface area contributed by atoms with Crippen LogP contribution in [0.15, 0.2) is 43.0 Å². The van der Waals surface area contributed by atoms with Crippen LogP contribution in [0.1, 0.15) is 26.3 Å².